The summed E-state index contributed by atoms with van der Waals surface area (Å²) in [6.07, 6.45) is 8.14. The van der Waals surface area contributed by atoms with Gasteiger partial charge in [-0.05, 0) is 49.3 Å². The van der Waals surface area contributed by atoms with E-state index in [2.05, 4.69) is 32.0 Å². The largest absolute Gasteiger partial charge is 0.381 e. The van der Waals surface area contributed by atoms with Crippen LogP contribution in [-0.4, -0.2) is 65.4 Å². The number of rotatable bonds is 5. The van der Waals surface area contributed by atoms with Gasteiger partial charge in [0.1, 0.15) is 5.65 Å². The van der Waals surface area contributed by atoms with Crippen molar-refractivity contribution in [2.24, 2.45) is 18.9 Å². The summed E-state index contributed by atoms with van der Waals surface area (Å²) in [5.41, 5.74) is 2.28. The van der Waals surface area contributed by atoms with E-state index >= 15 is 0 Å². The van der Waals surface area contributed by atoms with Crippen molar-refractivity contribution in [3.05, 3.63) is 30.1 Å². The fraction of sp³-hybridized carbons (Fsp3) is 0.652. The molecule has 5 heterocycles. The van der Waals surface area contributed by atoms with Crippen LogP contribution in [-0.2, 0) is 27.9 Å². The van der Waals surface area contributed by atoms with Crippen LogP contribution < -0.4 is 5.32 Å². The maximum atomic E-state index is 13.0. The number of aromatic nitrogens is 2. The highest BCUT2D eigenvalue weighted by Gasteiger charge is 2.42. The Hall–Kier alpha value is -1.96. The average molecular weight is 413 g/mol. The summed E-state index contributed by atoms with van der Waals surface area (Å²) in [7, 11) is 2.04. The topological polar surface area (TPSA) is 68.6 Å². The molecule has 3 atom stereocenters. The molecule has 2 aromatic heterocycles. The number of hydrogen-bond donors (Lipinski definition) is 1. The van der Waals surface area contributed by atoms with Gasteiger partial charge in [-0.3, -0.25) is 9.69 Å². The molecule has 3 aliphatic heterocycles. The Labute approximate surface area is 177 Å². The van der Waals surface area contributed by atoms with Crippen molar-refractivity contribution in [3.8, 4) is 0 Å². The maximum Gasteiger partial charge on any atom is 0.224 e. The number of aryl methyl sites for hydroxylation is 1. The van der Waals surface area contributed by atoms with Crippen LogP contribution in [0.3, 0.4) is 0 Å². The van der Waals surface area contributed by atoms with E-state index in [9.17, 15) is 4.79 Å². The minimum atomic E-state index is -0.0164. The fourth-order valence-electron chi connectivity index (χ4n) is 5.40. The first-order valence-corrected chi connectivity index (χ1v) is 11.3. The highest BCUT2D eigenvalue weighted by molar-refractivity contribution is 5.80. The van der Waals surface area contributed by atoms with Gasteiger partial charge in [0.15, 0.2) is 0 Å². The first kappa shape index (κ1) is 20.0. The lowest BCUT2D eigenvalue weighted by Crippen LogP contribution is -2.52. The minimum Gasteiger partial charge on any atom is -0.381 e. The summed E-state index contributed by atoms with van der Waals surface area (Å²) in [5, 5.41) is 4.43. The highest BCUT2D eigenvalue weighted by atomic mass is 16.5. The number of pyridine rings is 1. The second kappa shape index (κ2) is 8.65. The Bertz CT molecular complexity index is 892. The van der Waals surface area contributed by atoms with Gasteiger partial charge in [0, 0.05) is 70.3 Å². The standard InChI is InChI=1S/C23H32N4O3/c1-26-13-18(19-3-2-7-24-22(19)26)15-27-14-17(11-21-20(27)6-10-30-21)23(28)25-12-16-4-8-29-9-5-16/h2-3,7,13,16-17,20-21H,4-6,8-12,14-15H2,1H3,(H,25,28)/t17-,20+,21+/m0/s1. The maximum absolute atomic E-state index is 13.0. The lowest BCUT2D eigenvalue weighted by atomic mass is 9.88. The van der Waals surface area contributed by atoms with Gasteiger partial charge in [0.2, 0.25) is 5.91 Å². The zero-order valence-electron chi connectivity index (χ0n) is 17.8. The van der Waals surface area contributed by atoms with E-state index < -0.39 is 0 Å². The number of carbonyl (C=O) groups is 1. The number of likely N-dealkylation sites (tertiary alicyclic amines) is 1. The smallest absolute Gasteiger partial charge is 0.224 e. The van der Waals surface area contributed by atoms with Gasteiger partial charge in [-0.1, -0.05) is 0 Å². The molecule has 162 valence electrons. The normalized spacial score (nSPS) is 28.0. The van der Waals surface area contributed by atoms with Crippen LogP contribution in [0.1, 0.15) is 31.2 Å². The van der Waals surface area contributed by atoms with Gasteiger partial charge in [0.05, 0.1) is 12.0 Å². The van der Waals surface area contributed by atoms with Crippen molar-refractivity contribution in [1.29, 1.82) is 0 Å². The Morgan fingerprint density at radius 1 is 1.27 bits per heavy atom. The molecule has 1 amide bonds. The number of carbonyl (C=O) groups excluding carboxylic acids is 1. The van der Waals surface area contributed by atoms with Crippen molar-refractivity contribution >= 4 is 16.9 Å². The Morgan fingerprint density at radius 2 is 2.13 bits per heavy atom. The van der Waals surface area contributed by atoms with Crippen molar-refractivity contribution in [3.63, 3.8) is 0 Å². The van der Waals surface area contributed by atoms with Gasteiger partial charge >= 0.3 is 0 Å². The summed E-state index contributed by atoms with van der Waals surface area (Å²) in [5.74, 6) is 0.707. The molecule has 0 bridgehead atoms. The van der Waals surface area contributed by atoms with Crippen LogP contribution in [0.5, 0.6) is 0 Å². The summed E-state index contributed by atoms with van der Waals surface area (Å²) < 4.78 is 13.6. The molecule has 3 saturated heterocycles. The third kappa shape index (κ3) is 3.98. The molecule has 3 fully saturated rings. The zero-order chi connectivity index (χ0) is 20.5. The van der Waals surface area contributed by atoms with Crippen LogP contribution in [0.15, 0.2) is 24.5 Å². The van der Waals surface area contributed by atoms with E-state index in [0.717, 1.165) is 70.8 Å². The summed E-state index contributed by atoms with van der Waals surface area (Å²) in [6, 6.07) is 4.54. The molecule has 0 unspecified atom stereocenters. The van der Waals surface area contributed by atoms with Gasteiger partial charge < -0.3 is 19.4 Å². The second-order valence-corrected chi connectivity index (χ2v) is 9.07. The molecule has 0 aliphatic carbocycles. The number of amides is 1. The summed E-state index contributed by atoms with van der Waals surface area (Å²) >= 11 is 0. The van der Waals surface area contributed by atoms with Crippen molar-refractivity contribution in [2.75, 3.05) is 32.9 Å². The van der Waals surface area contributed by atoms with Gasteiger partial charge in [-0.15, -0.1) is 0 Å². The first-order chi connectivity index (χ1) is 14.7. The van der Waals surface area contributed by atoms with Crippen molar-refractivity contribution < 1.29 is 14.3 Å². The van der Waals surface area contributed by atoms with E-state index in [1.165, 1.54) is 10.9 Å². The average Bonchev–Trinajstić information content (AvgIpc) is 3.38. The number of fused-ring (bicyclic) bond motifs is 2. The van der Waals surface area contributed by atoms with Crippen LogP contribution >= 0.6 is 0 Å². The van der Waals surface area contributed by atoms with Crippen molar-refractivity contribution in [1.82, 2.24) is 19.8 Å². The SMILES string of the molecule is Cn1cc(CN2C[C@@H](C(=O)NCC3CCOCC3)C[C@H]3OCC[C@H]32)c2cccnc21. The zero-order valence-corrected chi connectivity index (χ0v) is 17.8. The summed E-state index contributed by atoms with van der Waals surface area (Å²) in [4.78, 5) is 20.0. The number of ether oxygens (including phenoxy) is 2. The molecule has 0 saturated carbocycles. The van der Waals surface area contributed by atoms with Crippen LogP contribution in [0.2, 0.25) is 0 Å². The number of hydrogen-bond acceptors (Lipinski definition) is 5. The molecule has 3 aliphatic rings. The molecule has 7 heteroatoms. The minimum absolute atomic E-state index is 0.0164. The number of nitrogens with zero attached hydrogens (tertiary/aromatic N) is 3. The molecular weight excluding hydrogens is 380 g/mol. The third-order valence-electron chi connectivity index (χ3n) is 7.08. The number of nitrogens with one attached hydrogen (secondary N) is 1. The first-order valence-electron chi connectivity index (χ1n) is 11.3. The molecule has 30 heavy (non-hydrogen) atoms. The molecular formula is C23H32N4O3. The second-order valence-electron chi connectivity index (χ2n) is 9.07. The molecule has 0 aromatic carbocycles. The Morgan fingerprint density at radius 3 is 3.00 bits per heavy atom. The molecule has 0 spiro atoms. The third-order valence-corrected chi connectivity index (χ3v) is 7.08. The Kier molecular flexibility index (Phi) is 5.76. The van der Waals surface area contributed by atoms with Crippen LogP contribution in [0, 0.1) is 11.8 Å². The van der Waals surface area contributed by atoms with Crippen LogP contribution in [0.4, 0.5) is 0 Å². The predicted octanol–water partition coefficient (Wildman–Crippen LogP) is 2.10. The van der Waals surface area contributed by atoms with E-state index in [4.69, 9.17) is 9.47 Å². The highest BCUT2D eigenvalue weighted by Crippen LogP contribution is 2.33. The van der Waals surface area contributed by atoms with Gasteiger partial charge in [0.25, 0.3) is 0 Å². The molecule has 2 aromatic rings. The van der Waals surface area contributed by atoms with E-state index in [0.29, 0.717) is 12.0 Å². The van der Waals surface area contributed by atoms with E-state index in [-0.39, 0.29) is 17.9 Å². The van der Waals surface area contributed by atoms with E-state index in [1.807, 2.05) is 19.3 Å². The predicted molar refractivity (Wildman–Crippen MR) is 114 cm³/mol. The van der Waals surface area contributed by atoms with Crippen LogP contribution in [0.25, 0.3) is 11.0 Å². The lowest BCUT2D eigenvalue weighted by molar-refractivity contribution is -0.130. The molecule has 5 rings (SSSR count). The fourth-order valence-corrected chi connectivity index (χ4v) is 5.40. The molecule has 0 radical (unpaired) electrons. The lowest BCUT2D eigenvalue weighted by Gasteiger charge is -2.40. The molecule has 7 nitrogen and oxygen atoms in total. The monoisotopic (exact) mass is 412 g/mol. The number of piperidine rings is 1. The Balaban J connectivity index is 1.28. The van der Waals surface area contributed by atoms with Crippen molar-refractivity contribution in [2.45, 2.75) is 44.4 Å². The van der Waals surface area contributed by atoms with Gasteiger partial charge in [-0.25, -0.2) is 4.98 Å². The van der Waals surface area contributed by atoms with E-state index in [1.54, 1.807) is 0 Å². The summed E-state index contributed by atoms with van der Waals surface area (Å²) in [6.45, 7) is 4.81. The van der Waals surface area contributed by atoms with Gasteiger partial charge in [-0.2, -0.15) is 0 Å². The molecule has 1 N–H and O–H groups in total. The quantitative estimate of drug-likeness (QED) is 0.815.